The Kier molecular flexibility index (Phi) is 3.43. The zero-order chi connectivity index (χ0) is 17.7. The van der Waals surface area contributed by atoms with E-state index in [0.717, 1.165) is 35.8 Å². The highest BCUT2D eigenvalue weighted by molar-refractivity contribution is 5.82. The summed E-state index contributed by atoms with van der Waals surface area (Å²) in [5, 5.41) is 5.14. The van der Waals surface area contributed by atoms with Crippen LogP contribution in [0.3, 0.4) is 0 Å². The zero-order valence-electron chi connectivity index (χ0n) is 14.5. The molecule has 4 aromatic rings. The maximum Gasteiger partial charge on any atom is 0.258 e. The van der Waals surface area contributed by atoms with E-state index in [0.29, 0.717) is 17.5 Å². The van der Waals surface area contributed by atoms with Crippen LogP contribution in [0.15, 0.2) is 51.4 Å². The number of fused-ring (bicyclic) bond motifs is 2. The molecule has 0 amide bonds. The number of aryl methyl sites for hydroxylation is 2. The quantitative estimate of drug-likeness (QED) is 0.565. The van der Waals surface area contributed by atoms with Crippen LogP contribution >= 0.6 is 0 Å². The molecule has 5 heteroatoms. The minimum Gasteiger partial charge on any atom is -0.453 e. The zero-order valence-corrected chi connectivity index (χ0v) is 14.5. The number of nitrogens with two attached hydrogens (primary N) is 1. The van der Waals surface area contributed by atoms with Gasteiger partial charge in [-0.25, -0.2) is 0 Å². The lowest BCUT2D eigenvalue weighted by molar-refractivity contribution is 0.430. The first-order valence-corrected chi connectivity index (χ1v) is 8.90. The van der Waals surface area contributed by atoms with Gasteiger partial charge in [-0.1, -0.05) is 22.9 Å². The van der Waals surface area contributed by atoms with Crippen LogP contribution in [-0.2, 0) is 6.42 Å². The fraction of sp³-hybridized carbons (Fsp3) is 0.238. The highest BCUT2D eigenvalue weighted by Gasteiger charge is 2.19. The highest BCUT2D eigenvalue weighted by atomic mass is 16.5. The predicted molar refractivity (Wildman–Crippen MR) is 99.5 cm³/mol. The van der Waals surface area contributed by atoms with Crippen LogP contribution in [0.4, 0.5) is 0 Å². The lowest BCUT2D eigenvalue weighted by Crippen LogP contribution is -2.17. The van der Waals surface area contributed by atoms with E-state index in [2.05, 4.69) is 35.3 Å². The molecule has 5 nitrogen and oxygen atoms in total. The van der Waals surface area contributed by atoms with Crippen molar-refractivity contribution in [2.45, 2.75) is 32.2 Å². The van der Waals surface area contributed by atoms with Crippen LogP contribution in [0.5, 0.6) is 0 Å². The van der Waals surface area contributed by atoms with Gasteiger partial charge in [-0.05, 0) is 67.6 Å². The van der Waals surface area contributed by atoms with Crippen LogP contribution in [0.25, 0.3) is 34.0 Å². The Morgan fingerprint density at radius 1 is 1.12 bits per heavy atom. The Balaban J connectivity index is 1.51. The standard InChI is InChI=1S/C21H19N3O2/c1-12-5-8-18-15(9-12)11-19(25-18)20-23-21(26-24-20)14-6-7-16-13(10-14)3-2-4-17(16)22/h5-11,17H,2-4,22H2,1H3. The second kappa shape index (κ2) is 5.81. The second-order valence-electron chi connectivity index (χ2n) is 6.99. The van der Waals surface area contributed by atoms with Gasteiger partial charge in [0.15, 0.2) is 5.76 Å². The number of rotatable bonds is 2. The van der Waals surface area contributed by atoms with Crippen molar-refractivity contribution < 1.29 is 8.94 Å². The average molecular weight is 345 g/mol. The van der Waals surface area contributed by atoms with E-state index in [1.165, 1.54) is 16.7 Å². The molecule has 0 saturated carbocycles. The molecule has 5 rings (SSSR count). The van der Waals surface area contributed by atoms with Crippen LogP contribution < -0.4 is 5.73 Å². The molecular formula is C21H19N3O2. The first-order valence-electron chi connectivity index (χ1n) is 8.90. The van der Waals surface area contributed by atoms with Crippen molar-refractivity contribution in [1.29, 1.82) is 0 Å². The van der Waals surface area contributed by atoms with Crippen molar-refractivity contribution in [3.63, 3.8) is 0 Å². The Bertz CT molecular complexity index is 1110. The van der Waals surface area contributed by atoms with E-state index < -0.39 is 0 Å². The van der Waals surface area contributed by atoms with Crippen LogP contribution in [0.1, 0.15) is 35.6 Å². The third-order valence-electron chi connectivity index (χ3n) is 5.07. The maximum absolute atomic E-state index is 6.20. The largest absolute Gasteiger partial charge is 0.453 e. The molecule has 1 aliphatic rings. The normalized spacial score (nSPS) is 16.8. The average Bonchev–Trinajstić information content (AvgIpc) is 3.28. The second-order valence-corrected chi connectivity index (χ2v) is 6.99. The van der Waals surface area contributed by atoms with Gasteiger partial charge in [0, 0.05) is 17.0 Å². The van der Waals surface area contributed by atoms with E-state index in [1.807, 2.05) is 24.3 Å². The Morgan fingerprint density at radius 2 is 2.04 bits per heavy atom. The Hall–Kier alpha value is -2.92. The van der Waals surface area contributed by atoms with Gasteiger partial charge in [-0.2, -0.15) is 4.98 Å². The minimum atomic E-state index is 0.130. The molecule has 1 aliphatic carbocycles. The molecule has 0 spiro atoms. The van der Waals surface area contributed by atoms with Gasteiger partial charge < -0.3 is 14.7 Å². The summed E-state index contributed by atoms with van der Waals surface area (Å²) in [7, 11) is 0. The molecule has 0 radical (unpaired) electrons. The van der Waals surface area contributed by atoms with Crippen LogP contribution in [0.2, 0.25) is 0 Å². The SMILES string of the molecule is Cc1ccc2oc(-c3noc(-c4ccc5c(c4)CCCC5N)n3)cc2c1. The Morgan fingerprint density at radius 3 is 2.96 bits per heavy atom. The molecule has 2 N–H and O–H groups in total. The molecule has 2 heterocycles. The van der Waals surface area contributed by atoms with Gasteiger partial charge in [-0.3, -0.25) is 0 Å². The van der Waals surface area contributed by atoms with Crippen LogP contribution in [-0.4, -0.2) is 10.1 Å². The Labute approximate surface area is 150 Å². The summed E-state index contributed by atoms with van der Waals surface area (Å²) in [6.07, 6.45) is 3.20. The van der Waals surface area contributed by atoms with E-state index in [9.17, 15) is 0 Å². The maximum atomic E-state index is 6.20. The fourth-order valence-corrected chi connectivity index (χ4v) is 3.70. The van der Waals surface area contributed by atoms with Crippen molar-refractivity contribution in [2.24, 2.45) is 5.73 Å². The molecule has 0 bridgehead atoms. The van der Waals surface area contributed by atoms with Crippen molar-refractivity contribution in [3.8, 4) is 23.0 Å². The first kappa shape index (κ1) is 15.3. The molecule has 0 saturated heterocycles. The number of hydrogen-bond donors (Lipinski definition) is 1. The van der Waals surface area contributed by atoms with E-state index in [1.54, 1.807) is 0 Å². The molecular weight excluding hydrogens is 326 g/mol. The van der Waals surface area contributed by atoms with Crippen LogP contribution in [0, 0.1) is 6.92 Å². The van der Waals surface area contributed by atoms with Crippen molar-refractivity contribution >= 4 is 11.0 Å². The predicted octanol–water partition coefficient (Wildman–Crippen LogP) is 4.79. The number of aromatic nitrogens is 2. The number of nitrogens with zero attached hydrogens (tertiary/aromatic N) is 2. The van der Waals surface area contributed by atoms with E-state index in [-0.39, 0.29) is 6.04 Å². The molecule has 1 unspecified atom stereocenters. The lowest BCUT2D eigenvalue weighted by atomic mass is 9.87. The van der Waals surface area contributed by atoms with Crippen molar-refractivity contribution in [1.82, 2.24) is 10.1 Å². The van der Waals surface area contributed by atoms with Gasteiger partial charge in [-0.15, -0.1) is 0 Å². The summed E-state index contributed by atoms with van der Waals surface area (Å²) in [5.41, 5.74) is 11.6. The fourth-order valence-electron chi connectivity index (χ4n) is 3.70. The van der Waals surface area contributed by atoms with Gasteiger partial charge in [0.05, 0.1) is 0 Å². The highest BCUT2D eigenvalue weighted by Crippen LogP contribution is 2.32. The summed E-state index contributed by atoms with van der Waals surface area (Å²) in [6.45, 7) is 2.06. The third kappa shape index (κ3) is 2.52. The molecule has 1 atom stereocenters. The minimum absolute atomic E-state index is 0.130. The number of benzene rings is 2. The van der Waals surface area contributed by atoms with Gasteiger partial charge in [0.1, 0.15) is 5.58 Å². The molecule has 2 aromatic heterocycles. The van der Waals surface area contributed by atoms with Gasteiger partial charge in [0.25, 0.3) is 5.89 Å². The summed E-state index contributed by atoms with van der Waals surface area (Å²) >= 11 is 0. The summed E-state index contributed by atoms with van der Waals surface area (Å²) < 4.78 is 11.4. The monoisotopic (exact) mass is 345 g/mol. The summed E-state index contributed by atoms with van der Waals surface area (Å²) in [4.78, 5) is 4.53. The van der Waals surface area contributed by atoms with Crippen molar-refractivity contribution in [3.05, 3.63) is 59.2 Å². The molecule has 0 fully saturated rings. The summed E-state index contributed by atoms with van der Waals surface area (Å²) in [5.74, 6) is 1.57. The first-order chi connectivity index (χ1) is 12.7. The number of furan rings is 1. The van der Waals surface area contributed by atoms with Gasteiger partial charge in [0.2, 0.25) is 5.82 Å². The van der Waals surface area contributed by atoms with E-state index >= 15 is 0 Å². The van der Waals surface area contributed by atoms with E-state index in [4.69, 9.17) is 14.7 Å². The molecule has 2 aromatic carbocycles. The lowest BCUT2D eigenvalue weighted by Gasteiger charge is -2.22. The van der Waals surface area contributed by atoms with Gasteiger partial charge >= 0.3 is 0 Å². The molecule has 130 valence electrons. The molecule has 26 heavy (non-hydrogen) atoms. The number of hydrogen-bond acceptors (Lipinski definition) is 5. The summed E-state index contributed by atoms with van der Waals surface area (Å²) in [6, 6.07) is 14.3. The molecule has 0 aliphatic heterocycles. The van der Waals surface area contributed by atoms with Crippen molar-refractivity contribution in [2.75, 3.05) is 0 Å². The topological polar surface area (TPSA) is 78.1 Å². The smallest absolute Gasteiger partial charge is 0.258 e. The third-order valence-corrected chi connectivity index (χ3v) is 5.07.